The monoisotopic (exact) mass is 534 g/mol. The Balaban J connectivity index is 1.39. The number of hydrogen-bond donors (Lipinski definition) is 0. The zero-order valence-electron chi connectivity index (χ0n) is 21.5. The standard InChI is InChI=1S/C36H23ClN2O/c37-24-15-18-31-32-22-27(17-20-35(32)40-36(31)21-24)38(25-9-3-1-4-10-25)28-16-19-30-29-13-7-8-14-33(29)39(34(30)23-28)26-11-5-2-6-12-26/h1-23H. The van der Waals surface area contributed by atoms with Crippen LogP contribution in [0.25, 0.3) is 49.4 Å². The lowest BCUT2D eigenvalue weighted by Gasteiger charge is -2.26. The lowest BCUT2D eigenvalue weighted by Crippen LogP contribution is -2.10. The van der Waals surface area contributed by atoms with Crippen LogP contribution in [0.1, 0.15) is 0 Å². The van der Waals surface area contributed by atoms with E-state index in [9.17, 15) is 0 Å². The van der Waals surface area contributed by atoms with E-state index in [0.29, 0.717) is 5.02 Å². The van der Waals surface area contributed by atoms with Crippen LogP contribution in [0, 0.1) is 0 Å². The summed E-state index contributed by atoms with van der Waals surface area (Å²) in [5.74, 6) is 0. The molecule has 0 unspecified atom stereocenters. The van der Waals surface area contributed by atoms with Gasteiger partial charge in [-0.15, -0.1) is 0 Å². The minimum absolute atomic E-state index is 0.666. The molecule has 8 aromatic rings. The largest absolute Gasteiger partial charge is 0.456 e. The van der Waals surface area contributed by atoms with Gasteiger partial charge in [0.15, 0.2) is 0 Å². The number of furan rings is 1. The molecule has 4 heteroatoms. The molecular weight excluding hydrogens is 512 g/mol. The van der Waals surface area contributed by atoms with Crippen molar-refractivity contribution in [3.05, 3.63) is 145 Å². The summed E-state index contributed by atoms with van der Waals surface area (Å²) < 4.78 is 8.48. The van der Waals surface area contributed by atoms with E-state index in [0.717, 1.165) is 50.2 Å². The van der Waals surface area contributed by atoms with Crippen LogP contribution in [0.15, 0.2) is 144 Å². The van der Waals surface area contributed by atoms with E-state index in [-0.39, 0.29) is 0 Å². The van der Waals surface area contributed by atoms with Crippen LogP contribution < -0.4 is 4.90 Å². The number of anilines is 3. The molecule has 2 heterocycles. The highest BCUT2D eigenvalue weighted by Crippen LogP contribution is 2.41. The molecule has 40 heavy (non-hydrogen) atoms. The summed E-state index contributed by atoms with van der Waals surface area (Å²) in [6.45, 7) is 0. The van der Waals surface area contributed by atoms with Gasteiger partial charge in [0.05, 0.1) is 11.0 Å². The summed E-state index contributed by atoms with van der Waals surface area (Å²) in [4.78, 5) is 2.31. The van der Waals surface area contributed by atoms with Gasteiger partial charge in [-0.3, -0.25) is 0 Å². The van der Waals surface area contributed by atoms with Crippen LogP contribution in [0.4, 0.5) is 17.1 Å². The Morgan fingerprint density at radius 2 is 1.15 bits per heavy atom. The highest BCUT2D eigenvalue weighted by molar-refractivity contribution is 6.31. The van der Waals surface area contributed by atoms with E-state index in [1.807, 2.05) is 24.3 Å². The SMILES string of the molecule is Clc1ccc2c(c1)oc1ccc(N(c3ccccc3)c3ccc4c5ccccc5n(-c5ccccc5)c4c3)cc12. The molecule has 0 fully saturated rings. The predicted molar refractivity (Wildman–Crippen MR) is 168 cm³/mol. The Bertz CT molecular complexity index is 2180. The van der Waals surface area contributed by atoms with Gasteiger partial charge >= 0.3 is 0 Å². The molecule has 0 amide bonds. The lowest BCUT2D eigenvalue weighted by atomic mass is 10.1. The van der Waals surface area contributed by atoms with E-state index >= 15 is 0 Å². The van der Waals surface area contributed by atoms with E-state index in [4.69, 9.17) is 16.0 Å². The molecule has 0 saturated heterocycles. The van der Waals surface area contributed by atoms with Crippen molar-refractivity contribution >= 4 is 72.4 Å². The summed E-state index contributed by atoms with van der Waals surface area (Å²) in [7, 11) is 0. The van der Waals surface area contributed by atoms with Gasteiger partial charge in [0.25, 0.3) is 0 Å². The molecule has 0 radical (unpaired) electrons. The molecule has 0 spiro atoms. The first-order valence-electron chi connectivity index (χ1n) is 13.3. The lowest BCUT2D eigenvalue weighted by molar-refractivity contribution is 0.669. The average molecular weight is 535 g/mol. The summed E-state index contributed by atoms with van der Waals surface area (Å²) in [5, 5.41) is 5.24. The number of halogens is 1. The molecule has 0 atom stereocenters. The smallest absolute Gasteiger partial charge is 0.136 e. The van der Waals surface area contributed by atoms with Crippen LogP contribution in [-0.4, -0.2) is 4.57 Å². The van der Waals surface area contributed by atoms with Crippen molar-refractivity contribution in [2.75, 3.05) is 4.90 Å². The van der Waals surface area contributed by atoms with Crippen molar-refractivity contribution in [3.63, 3.8) is 0 Å². The molecule has 0 aliphatic heterocycles. The van der Waals surface area contributed by atoms with Crippen LogP contribution in [-0.2, 0) is 0 Å². The molecule has 0 N–H and O–H groups in total. The van der Waals surface area contributed by atoms with Crippen LogP contribution in [0.2, 0.25) is 5.02 Å². The summed E-state index contributed by atoms with van der Waals surface area (Å²) in [5.41, 5.74) is 8.34. The molecule has 0 aliphatic carbocycles. The van der Waals surface area contributed by atoms with Gasteiger partial charge in [-0.05, 0) is 72.8 Å². The quantitative estimate of drug-likeness (QED) is 0.224. The molecule has 0 bridgehead atoms. The second-order valence-electron chi connectivity index (χ2n) is 9.98. The number of rotatable bonds is 4. The maximum Gasteiger partial charge on any atom is 0.136 e. The Morgan fingerprint density at radius 1 is 0.475 bits per heavy atom. The maximum absolute atomic E-state index is 6.25. The van der Waals surface area contributed by atoms with E-state index < -0.39 is 0 Å². The number of para-hydroxylation sites is 3. The highest BCUT2D eigenvalue weighted by atomic mass is 35.5. The van der Waals surface area contributed by atoms with Gasteiger partial charge in [0.1, 0.15) is 11.2 Å². The van der Waals surface area contributed by atoms with Gasteiger partial charge in [-0.2, -0.15) is 0 Å². The number of hydrogen-bond acceptors (Lipinski definition) is 2. The first-order valence-corrected chi connectivity index (χ1v) is 13.7. The molecule has 2 aromatic heterocycles. The fourth-order valence-electron chi connectivity index (χ4n) is 5.86. The fraction of sp³-hybridized carbons (Fsp3) is 0. The van der Waals surface area contributed by atoms with Crippen molar-refractivity contribution in [3.8, 4) is 5.69 Å². The van der Waals surface area contributed by atoms with E-state index in [1.165, 1.54) is 16.3 Å². The molecule has 3 nitrogen and oxygen atoms in total. The molecular formula is C36H23ClN2O. The number of fused-ring (bicyclic) bond motifs is 6. The first kappa shape index (κ1) is 22.9. The third-order valence-electron chi connectivity index (χ3n) is 7.62. The third-order valence-corrected chi connectivity index (χ3v) is 7.85. The normalized spacial score (nSPS) is 11.6. The molecule has 8 rings (SSSR count). The summed E-state index contributed by atoms with van der Waals surface area (Å²) in [6, 6.07) is 48.7. The number of nitrogens with zero attached hydrogens (tertiary/aromatic N) is 2. The van der Waals surface area contributed by atoms with Gasteiger partial charge in [0.2, 0.25) is 0 Å². The van der Waals surface area contributed by atoms with Gasteiger partial charge in [-0.25, -0.2) is 0 Å². The average Bonchev–Trinajstić information content (AvgIpc) is 3.52. The van der Waals surface area contributed by atoms with Gasteiger partial charge < -0.3 is 13.9 Å². The second kappa shape index (κ2) is 9.04. The predicted octanol–water partition coefficient (Wildman–Crippen LogP) is 10.8. The van der Waals surface area contributed by atoms with Crippen molar-refractivity contribution in [1.82, 2.24) is 4.57 Å². The Morgan fingerprint density at radius 3 is 2.00 bits per heavy atom. The van der Waals surface area contributed by atoms with Gasteiger partial charge in [-0.1, -0.05) is 72.3 Å². The first-order chi connectivity index (χ1) is 19.7. The minimum Gasteiger partial charge on any atom is -0.456 e. The molecule has 190 valence electrons. The third kappa shape index (κ3) is 3.59. The summed E-state index contributed by atoms with van der Waals surface area (Å²) in [6.07, 6.45) is 0. The second-order valence-corrected chi connectivity index (χ2v) is 10.4. The Hall–Kier alpha value is -4.99. The maximum atomic E-state index is 6.25. The molecule has 6 aromatic carbocycles. The number of aromatic nitrogens is 1. The summed E-state index contributed by atoms with van der Waals surface area (Å²) >= 11 is 6.25. The fourth-order valence-corrected chi connectivity index (χ4v) is 6.02. The zero-order valence-corrected chi connectivity index (χ0v) is 22.2. The van der Waals surface area contributed by atoms with Crippen LogP contribution in [0.3, 0.4) is 0 Å². The van der Waals surface area contributed by atoms with Crippen molar-refractivity contribution < 1.29 is 4.42 Å². The van der Waals surface area contributed by atoms with E-state index in [1.54, 1.807) is 0 Å². The molecule has 0 aliphatic rings. The van der Waals surface area contributed by atoms with E-state index in [2.05, 4.69) is 125 Å². The Kier molecular flexibility index (Phi) is 5.19. The topological polar surface area (TPSA) is 21.3 Å². The zero-order chi connectivity index (χ0) is 26.6. The van der Waals surface area contributed by atoms with Crippen LogP contribution in [0.5, 0.6) is 0 Å². The highest BCUT2D eigenvalue weighted by Gasteiger charge is 2.18. The van der Waals surface area contributed by atoms with Crippen molar-refractivity contribution in [2.45, 2.75) is 0 Å². The minimum atomic E-state index is 0.666. The number of benzene rings is 6. The Labute approximate surface area is 236 Å². The van der Waals surface area contributed by atoms with Gasteiger partial charge in [0, 0.05) is 55.4 Å². The molecule has 0 saturated carbocycles. The van der Waals surface area contributed by atoms with Crippen molar-refractivity contribution in [2.24, 2.45) is 0 Å². The van der Waals surface area contributed by atoms with Crippen molar-refractivity contribution in [1.29, 1.82) is 0 Å². The van der Waals surface area contributed by atoms with Crippen LogP contribution >= 0.6 is 11.6 Å².